The van der Waals surface area contributed by atoms with Crippen LogP contribution >= 0.6 is 0 Å². The molecule has 47 heavy (non-hydrogen) atoms. The van der Waals surface area contributed by atoms with Crippen molar-refractivity contribution in [1.82, 2.24) is 0 Å². The molecule has 0 bridgehead atoms. The molecule has 1 saturated heterocycles. The van der Waals surface area contributed by atoms with Gasteiger partial charge < -0.3 is 42.6 Å². The molecule has 15 heteroatoms. The van der Waals surface area contributed by atoms with E-state index in [-0.39, 0.29) is 6.61 Å². The van der Waals surface area contributed by atoms with Gasteiger partial charge in [-0.1, -0.05) is 18.2 Å². The first-order valence-electron chi connectivity index (χ1n) is 14.7. The second-order valence-corrected chi connectivity index (χ2v) is 10.9. The van der Waals surface area contributed by atoms with Gasteiger partial charge in [0.25, 0.3) is 0 Å². The van der Waals surface area contributed by atoms with Gasteiger partial charge in [-0.05, 0) is 29.9 Å². The van der Waals surface area contributed by atoms with Gasteiger partial charge in [-0.25, -0.2) is 4.79 Å². The first-order valence-corrected chi connectivity index (χ1v) is 14.7. The standard InChI is InChI=1S/C32H36O15/c1-16(33)40-15-25-27(43-18(3)35)28(44-19(4)36)29(45-20(5)37)32(46-25)47-31-26-22(14-41-30(38)21-9-7-6-8-10-21)13-24(42-17(2)34)23(26)11-12-39-31/h6-13,23-29,31-32H,14-15H2,1-5H3. The average Bonchev–Trinajstić information content (AvgIpc) is 3.35. The van der Waals surface area contributed by atoms with Crippen molar-refractivity contribution in [2.45, 2.75) is 77.7 Å². The molecular formula is C32H36O15. The minimum Gasteiger partial charge on any atom is -0.472 e. The van der Waals surface area contributed by atoms with Crippen LogP contribution in [-0.2, 0) is 66.6 Å². The number of benzene rings is 1. The van der Waals surface area contributed by atoms with Crippen LogP contribution in [0.2, 0.25) is 0 Å². The van der Waals surface area contributed by atoms with Crippen LogP contribution in [0, 0.1) is 11.8 Å². The number of esters is 6. The summed E-state index contributed by atoms with van der Waals surface area (Å²) in [5.74, 6) is -5.48. The minimum absolute atomic E-state index is 0.220. The fourth-order valence-electron chi connectivity index (χ4n) is 5.57. The monoisotopic (exact) mass is 660 g/mol. The van der Waals surface area contributed by atoms with E-state index in [0.29, 0.717) is 11.1 Å². The Morgan fingerprint density at radius 1 is 0.702 bits per heavy atom. The fourth-order valence-corrected chi connectivity index (χ4v) is 5.57. The number of hydrogen-bond donors (Lipinski definition) is 0. The van der Waals surface area contributed by atoms with Gasteiger partial charge in [0.05, 0.1) is 17.7 Å². The molecule has 3 aliphatic rings. The van der Waals surface area contributed by atoms with Crippen molar-refractivity contribution in [2.24, 2.45) is 11.8 Å². The molecule has 2 heterocycles. The number of ether oxygens (including phenoxy) is 9. The summed E-state index contributed by atoms with van der Waals surface area (Å²) in [4.78, 5) is 72.9. The Labute approximate surface area is 270 Å². The van der Waals surface area contributed by atoms with Crippen LogP contribution in [0.1, 0.15) is 45.0 Å². The maximum absolute atomic E-state index is 12.7. The molecule has 254 valence electrons. The van der Waals surface area contributed by atoms with Crippen molar-refractivity contribution in [3.8, 4) is 0 Å². The Hall–Kier alpha value is -4.76. The highest BCUT2D eigenvalue weighted by atomic mass is 16.8. The second kappa shape index (κ2) is 15.7. The van der Waals surface area contributed by atoms with E-state index >= 15 is 0 Å². The lowest BCUT2D eigenvalue weighted by Gasteiger charge is -2.45. The summed E-state index contributed by atoms with van der Waals surface area (Å²) >= 11 is 0. The summed E-state index contributed by atoms with van der Waals surface area (Å²) < 4.78 is 50.8. The van der Waals surface area contributed by atoms with Crippen LogP contribution < -0.4 is 0 Å². The number of carbonyl (C=O) groups excluding carboxylic acids is 6. The van der Waals surface area contributed by atoms with Gasteiger partial charge >= 0.3 is 35.8 Å². The molecule has 9 unspecified atom stereocenters. The predicted molar refractivity (Wildman–Crippen MR) is 154 cm³/mol. The van der Waals surface area contributed by atoms with E-state index in [2.05, 4.69) is 0 Å². The van der Waals surface area contributed by atoms with E-state index in [1.807, 2.05) is 0 Å². The van der Waals surface area contributed by atoms with Crippen LogP contribution in [0.25, 0.3) is 0 Å². The van der Waals surface area contributed by atoms with E-state index in [1.165, 1.54) is 13.2 Å². The van der Waals surface area contributed by atoms with Crippen molar-refractivity contribution in [1.29, 1.82) is 0 Å². The van der Waals surface area contributed by atoms with Gasteiger partial charge in [-0.3, -0.25) is 24.0 Å². The topological polar surface area (TPSA) is 185 Å². The van der Waals surface area contributed by atoms with Gasteiger partial charge in [0.1, 0.15) is 25.4 Å². The van der Waals surface area contributed by atoms with Crippen molar-refractivity contribution < 1.29 is 71.4 Å². The molecule has 2 aliphatic heterocycles. The van der Waals surface area contributed by atoms with Gasteiger partial charge in [-0.2, -0.15) is 0 Å². The van der Waals surface area contributed by atoms with Crippen molar-refractivity contribution in [3.05, 3.63) is 59.9 Å². The Balaban J connectivity index is 1.66. The Kier molecular flexibility index (Phi) is 11.7. The molecule has 4 rings (SSSR count). The molecule has 1 fully saturated rings. The molecule has 0 spiro atoms. The summed E-state index contributed by atoms with van der Waals surface area (Å²) in [6.07, 6.45) is -4.52. The summed E-state index contributed by atoms with van der Waals surface area (Å²) in [5.41, 5.74) is 0.815. The molecule has 9 atom stereocenters. The largest absolute Gasteiger partial charge is 0.472 e. The number of rotatable bonds is 11. The minimum atomic E-state index is -1.55. The van der Waals surface area contributed by atoms with E-state index in [0.717, 1.165) is 27.7 Å². The van der Waals surface area contributed by atoms with Crippen molar-refractivity contribution in [2.75, 3.05) is 13.2 Å². The van der Waals surface area contributed by atoms with Gasteiger partial charge in [0.2, 0.25) is 12.6 Å². The first-order chi connectivity index (χ1) is 22.3. The zero-order valence-corrected chi connectivity index (χ0v) is 26.4. The molecule has 1 aromatic carbocycles. The SMILES string of the molecule is CC(=O)OCC1OC(OC2OC=CC3C(OC(C)=O)C=C(COC(=O)c4ccccc4)C23)C(OC(C)=O)C(OC(C)=O)C1OC(C)=O. The quantitative estimate of drug-likeness (QED) is 0.190. The third-order valence-corrected chi connectivity index (χ3v) is 7.31. The lowest BCUT2D eigenvalue weighted by molar-refractivity contribution is -0.342. The van der Waals surface area contributed by atoms with E-state index in [1.54, 1.807) is 42.5 Å². The number of carbonyl (C=O) groups is 6. The van der Waals surface area contributed by atoms with Crippen molar-refractivity contribution >= 4 is 35.8 Å². The van der Waals surface area contributed by atoms with Gasteiger partial charge in [0, 0.05) is 40.5 Å². The number of hydrogen-bond acceptors (Lipinski definition) is 15. The highest BCUT2D eigenvalue weighted by Crippen LogP contribution is 2.43. The van der Waals surface area contributed by atoms with Gasteiger partial charge in [0.15, 0.2) is 18.3 Å². The highest BCUT2D eigenvalue weighted by molar-refractivity contribution is 5.89. The third-order valence-electron chi connectivity index (χ3n) is 7.31. The second-order valence-electron chi connectivity index (χ2n) is 10.9. The van der Waals surface area contributed by atoms with Crippen molar-refractivity contribution in [3.63, 3.8) is 0 Å². The zero-order chi connectivity index (χ0) is 34.2. The average molecular weight is 661 g/mol. The molecule has 1 aliphatic carbocycles. The maximum atomic E-state index is 12.7. The van der Waals surface area contributed by atoms with Crippen LogP contribution in [0.3, 0.4) is 0 Å². The molecule has 0 aromatic heterocycles. The van der Waals surface area contributed by atoms with Gasteiger partial charge in [-0.15, -0.1) is 0 Å². The van der Waals surface area contributed by atoms with E-state index < -0.39 is 97.4 Å². The lowest BCUT2D eigenvalue weighted by Crippen LogP contribution is -2.63. The molecule has 15 nitrogen and oxygen atoms in total. The van der Waals surface area contributed by atoms with E-state index in [4.69, 9.17) is 42.6 Å². The number of fused-ring (bicyclic) bond motifs is 1. The third kappa shape index (κ3) is 9.16. The van der Waals surface area contributed by atoms with Crippen LogP contribution in [-0.4, -0.2) is 92.1 Å². The van der Waals surface area contributed by atoms with Crippen LogP contribution in [0.4, 0.5) is 0 Å². The normalized spacial score (nSPS) is 29.2. The Bertz CT molecular complexity index is 1400. The molecule has 0 amide bonds. The Morgan fingerprint density at radius 3 is 1.94 bits per heavy atom. The molecule has 0 N–H and O–H groups in total. The molecule has 1 aromatic rings. The maximum Gasteiger partial charge on any atom is 0.338 e. The van der Waals surface area contributed by atoms with Crippen LogP contribution in [0.15, 0.2) is 54.3 Å². The molecule has 0 saturated carbocycles. The molecule has 0 radical (unpaired) electrons. The summed E-state index contributed by atoms with van der Waals surface area (Å²) in [5, 5.41) is 0. The zero-order valence-electron chi connectivity index (χ0n) is 26.4. The fraction of sp³-hybridized carbons (Fsp3) is 0.500. The lowest BCUT2D eigenvalue weighted by atomic mass is 9.88. The summed E-state index contributed by atoms with van der Waals surface area (Å²) in [6, 6.07) is 8.33. The predicted octanol–water partition coefficient (Wildman–Crippen LogP) is 1.92. The highest BCUT2D eigenvalue weighted by Gasteiger charge is 2.55. The summed E-state index contributed by atoms with van der Waals surface area (Å²) in [6.45, 7) is 5.05. The smallest absolute Gasteiger partial charge is 0.338 e. The Morgan fingerprint density at radius 2 is 1.32 bits per heavy atom. The first kappa shape index (κ1) is 35.1. The van der Waals surface area contributed by atoms with Crippen LogP contribution in [0.5, 0.6) is 0 Å². The summed E-state index contributed by atoms with van der Waals surface area (Å²) in [7, 11) is 0. The molecular weight excluding hydrogens is 624 g/mol. The van der Waals surface area contributed by atoms with E-state index in [9.17, 15) is 28.8 Å².